The number of ether oxygens (including phenoxy) is 1. The molecule has 0 saturated heterocycles. The number of hydrogen-bond acceptors (Lipinski definition) is 7. The van der Waals surface area contributed by atoms with E-state index < -0.39 is 0 Å². The number of aliphatic hydroxyl groups excluding tert-OH is 1. The summed E-state index contributed by atoms with van der Waals surface area (Å²) in [4.78, 5) is 52.6. The number of benzene rings is 4. The molecule has 0 saturated carbocycles. The zero-order valence-electron chi connectivity index (χ0n) is 29.3. The average molecular weight is 1260 g/mol. The molecule has 0 amide bonds. The Kier molecular flexibility index (Phi) is 28.4. The Morgan fingerprint density at radius 3 is 1.57 bits per heavy atom. The minimum absolute atomic E-state index is 0. The molecular weight excluding hydrogens is 1240 g/mol. The van der Waals surface area contributed by atoms with E-state index in [1.807, 2.05) is 0 Å². The minimum Gasteiger partial charge on any atom is -0.870 e. The molecule has 4 aromatic carbocycles. The van der Waals surface area contributed by atoms with Gasteiger partial charge >= 0.3 is 43.7 Å². The monoisotopic (exact) mass is 1260 g/mol. The first-order valence-corrected chi connectivity index (χ1v) is 20.7. The zero-order chi connectivity index (χ0) is 41.6. The van der Waals surface area contributed by atoms with Crippen LogP contribution in [0.15, 0.2) is 66.4 Å². The molecule has 0 spiro atoms. The van der Waals surface area contributed by atoms with Gasteiger partial charge in [-0.25, -0.2) is 22.4 Å². The van der Waals surface area contributed by atoms with Gasteiger partial charge in [0.05, 0.1) is 27.2 Å². The number of carbonyl (C=O) groups excluding carboxylic acids is 4. The molecule has 0 unspecified atom stereocenters. The van der Waals surface area contributed by atoms with Crippen LogP contribution in [-0.2, 0) is 21.5 Å². The molecule has 56 heavy (non-hydrogen) atoms. The second kappa shape index (κ2) is 27.8. The topological polar surface area (TPSA) is 145 Å². The van der Waals surface area contributed by atoms with Crippen molar-refractivity contribution in [1.29, 1.82) is 0 Å². The van der Waals surface area contributed by atoms with Crippen LogP contribution in [0.25, 0.3) is 0 Å². The average Bonchev–Trinajstić information content (AvgIpc) is 3.44. The minimum atomic E-state index is -0.384. The van der Waals surface area contributed by atoms with Gasteiger partial charge in [0, 0.05) is 27.6 Å². The third-order valence-electron chi connectivity index (χ3n) is 6.75. The van der Waals surface area contributed by atoms with Crippen LogP contribution < -0.4 is 0 Å². The van der Waals surface area contributed by atoms with Gasteiger partial charge in [-0.1, -0.05) is 54.3 Å². The molecule has 4 aromatic rings. The molecule has 2 N–H and O–H groups in total. The molecule has 0 radical (unpaired) electrons. The molecule has 0 fully saturated rings. The molecule has 0 aromatic heterocycles. The molecular formula is C36H27Br7CaF4O8. The number of cyclic esters (lactones) is 1. The largest absolute Gasteiger partial charge is 2.00 e. The maximum absolute atomic E-state index is 13.2. The first-order chi connectivity index (χ1) is 25.1. The maximum Gasteiger partial charge on any atom is 2.00 e. The molecule has 0 bridgehead atoms. The standard InChI is InChI=1S/C9H6Br3FO.C9H7Br2FO.C9H8BrFO.C8H4BrFO2.CHO2.Ca.H2O/c1-4(14)5-2-7(10)8(13)3-6(5)9(11)12;1-5(13)7-3-8(11)9(12)2-6(7)4-10;1-5-3-9(11)8(10)4-7(5)6(2)12;9-6-2-5-4(1-7(6)10)3-12-8(5)11;2-1-3;;/h2-3,9H,1H3;2-3H,4H2,1H3;3-4H,1-2H3;1-2H,3H2;(H,2,3);;1H2/q;;;;-1;+2;/p-1. The Balaban J connectivity index is 0. The molecule has 0 aliphatic carbocycles. The number of Topliss-reactive ketones (excluding diaryl/α,β-unsaturated/α-hetero) is 3. The Hall–Kier alpha value is -0.870. The molecule has 298 valence electrons. The molecule has 8 nitrogen and oxygen atoms in total. The van der Waals surface area contributed by atoms with Crippen LogP contribution >= 0.6 is 112 Å². The van der Waals surface area contributed by atoms with Crippen molar-refractivity contribution in [1.82, 2.24) is 0 Å². The number of ketones is 3. The summed E-state index contributed by atoms with van der Waals surface area (Å²) in [5, 5.41) is 7.24. The summed E-state index contributed by atoms with van der Waals surface area (Å²) in [5.41, 5.74) is 4.60. The van der Waals surface area contributed by atoms with Gasteiger partial charge in [-0.3, -0.25) is 14.4 Å². The summed E-state index contributed by atoms with van der Waals surface area (Å²) >= 11 is 21.8. The fourth-order valence-corrected chi connectivity index (χ4v) is 6.81. The summed E-state index contributed by atoms with van der Waals surface area (Å²) in [6, 6.07) is 11.3. The van der Waals surface area contributed by atoms with E-state index in [0.29, 0.717) is 74.2 Å². The number of carbonyl (C=O) groups is 4. The van der Waals surface area contributed by atoms with E-state index in [-0.39, 0.29) is 100 Å². The predicted octanol–water partition coefficient (Wildman–Crippen LogP) is 12.7. The fraction of sp³-hybridized carbons (Fsp3) is 0.194. The second-order valence-corrected chi connectivity index (χ2v) is 17.6. The second-order valence-electron chi connectivity index (χ2n) is 10.6. The van der Waals surface area contributed by atoms with E-state index in [1.165, 1.54) is 69.3 Å². The molecule has 1 aliphatic rings. The van der Waals surface area contributed by atoms with Crippen molar-refractivity contribution in [2.45, 2.75) is 43.4 Å². The first kappa shape index (κ1) is 57.2. The van der Waals surface area contributed by atoms with Gasteiger partial charge in [0.15, 0.2) is 17.3 Å². The van der Waals surface area contributed by atoms with Crippen molar-refractivity contribution in [2.75, 3.05) is 0 Å². The normalized spacial score (nSPS) is 10.5. The quantitative estimate of drug-likeness (QED) is 0.0519. The molecule has 20 heteroatoms. The van der Waals surface area contributed by atoms with Crippen LogP contribution in [0.4, 0.5) is 17.6 Å². The van der Waals surface area contributed by atoms with Crippen LogP contribution in [0, 0.1) is 30.2 Å². The van der Waals surface area contributed by atoms with Crippen molar-refractivity contribution in [3.05, 3.63) is 134 Å². The van der Waals surface area contributed by atoms with Crippen molar-refractivity contribution < 1.29 is 56.9 Å². The Morgan fingerprint density at radius 1 is 0.732 bits per heavy atom. The van der Waals surface area contributed by atoms with Gasteiger partial charge in [-0.2, -0.15) is 0 Å². The van der Waals surface area contributed by atoms with Gasteiger partial charge < -0.3 is 20.1 Å². The summed E-state index contributed by atoms with van der Waals surface area (Å²) in [7, 11) is 0. The van der Waals surface area contributed by atoms with Crippen LogP contribution in [-0.4, -0.2) is 78.1 Å². The van der Waals surface area contributed by atoms with Gasteiger partial charge in [-0.15, -0.1) is 0 Å². The predicted molar refractivity (Wildman–Crippen MR) is 230 cm³/mol. The molecule has 1 aliphatic heterocycles. The van der Waals surface area contributed by atoms with Crippen molar-refractivity contribution in [2.24, 2.45) is 0 Å². The van der Waals surface area contributed by atoms with E-state index >= 15 is 0 Å². The van der Waals surface area contributed by atoms with E-state index in [2.05, 4.69) is 112 Å². The van der Waals surface area contributed by atoms with Crippen molar-refractivity contribution >= 4 is 179 Å². The number of rotatable bonds is 5. The first-order valence-electron chi connectivity index (χ1n) is 14.6. The van der Waals surface area contributed by atoms with Crippen molar-refractivity contribution in [3.63, 3.8) is 0 Å². The van der Waals surface area contributed by atoms with Crippen LogP contribution in [0.3, 0.4) is 0 Å². The fourth-order valence-electron chi connectivity index (χ4n) is 4.22. The van der Waals surface area contributed by atoms with E-state index in [4.69, 9.17) is 14.6 Å². The molecule has 0 atom stereocenters. The van der Waals surface area contributed by atoms with E-state index in [9.17, 15) is 36.7 Å². The maximum atomic E-state index is 13.2. The number of hydrogen-bond donors (Lipinski definition) is 1. The number of halogens is 11. The van der Waals surface area contributed by atoms with Crippen molar-refractivity contribution in [3.8, 4) is 0 Å². The Bertz CT molecular complexity index is 2040. The SMILES string of the molecule is CC(=O)c1cc(Br)c(F)cc1C.CC(=O)c1cc(Br)c(F)cc1C(Br)Br.CC(=O)c1cc(Br)c(F)cc1CBr.O=C1OCc2cc(F)c(Br)cc21.O=[C-]O.[Ca+2].[OH-]. The Labute approximate surface area is 408 Å². The molecule has 5 rings (SSSR count). The summed E-state index contributed by atoms with van der Waals surface area (Å²) < 4.78 is 57.7. The van der Waals surface area contributed by atoms with Crippen LogP contribution in [0.1, 0.15) is 88.2 Å². The summed E-state index contributed by atoms with van der Waals surface area (Å²) in [6.07, 6.45) is 0. The van der Waals surface area contributed by atoms with E-state index in [0.717, 1.165) is 0 Å². The van der Waals surface area contributed by atoms with E-state index in [1.54, 1.807) is 6.92 Å². The summed E-state index contributed by atoms with van der Waals surface area (Å²) in [5.74, 6) is -2.02. The Morgan fingerprint density at radius 2 is 1.12 bits per heavy atom. The molecule has 1 heterocycles. The smallest absolute Gasteiger partial charge is 0.870 e. The van der Waals surface area contributed by atoms with Gasteiger partial charge in [0.25, 0.3) is 0 Å². The number of aryl methyl sites for hydroxylation is 1. The summed E-state index contributed by atoms with van der Waals surface area (Å²) in [6.45, 7) is 6.77. The van der Waals surface area contributed by atoms with Crippen LogP contribution in [0.2, 0.25) is 0 Å². The number of fused-ring (bicyclic) bond motifs is 1. The number of alkyl halides is 3. The van der Waals surface area contributed by atoms with Gasteiger partial charge in [0.1, 0.15) is 29.9 Å². The third kappa shape index (κ3) is 17.8. The van der Waals surface area contributed by atoms with Crippen LogP contribution in [0.5, 0.6) is 0 Å². The number of esters is 1. The van der Waals surface area contributed by atoms with Gasteiger partial charge in [0.2, 0.25) is 0 Å². The third-order valence-corrected chi connectivity index (χ3v) is 10.8. The van der Waals surface area contributed by atoms with Gasteiger partial charge in [-0.05, 0) is 157 Å². The zero-order valence-corrected chi connectivity index (χ0v) is 42.6.